The van der Waals surface area contributed by atoms with Crippen molar-refractivity contribution in [1.82, 2.24) is 0 Å². The van der Waals surface area contributed by atoms with Gasteiger partial charge >= 0.3 is 0 Å². The number of Topliss-reactive ketones (excluding diaryl/α,β-unsaturated/α-hetero) is 1. The quantitative estimate of drug-likeness (QED) is 0.553. The minimum absolute atomic E-state index is 0.164. The second-order valence-corrected chi connectivity index (χ2v) is 5.01. The van der Waals surface area contributed by atoms with Crippen LogP contribution in [0.2, 0.25) is 5.02 Å². The summed E-state index contributed by atoms with van der Waals surface area (Å²) in [6.45, 7) is 1.10. The molecule has 104 valence electrons. The highest BCUT2D eigenvalue weighted by Gasteiger charge is 2.04. The smallest absolute Gasteiger partial charge is 0.162 e. The van der Waals surface area contributed by atoms with Crippen molar-refractivity contribution in [2.45, 2.75) is 19.4 Å². The predicted octanol–water partition coefficient (Wildman–Crippen LogP) is 4.52. The molecule has 3 heteroatoms. The second kappa shape index (κ2) is 7.83. The van der Waals surface area contributed by atoms with Gasteiger partial charge in [0, 0.05) is 23.6 Å². The van der Waals surface area contributed by atoms with Crippen molar-refractivity contribution in [3.05, 3.63) is 70.7 Å². The number of ketones is 1. The van der Waals surface area contributed by atoms with Crippen molar-refractivity contribution in [2.24, 2.45) is 0 Å². The minimum Gasteiger partial charge on any atom is -0.377 e. The Balaban J connectivity index is 1.66. The Bertz CT molecular complexity index is 552. The largest absolute Gasteiger partial charge is 0.377 e. The number of hydrogen-bond acceptors (Lipinski definition) is 2. The molecular weight excluding hydrogens is 272 g/mol. The Labute approximate surface area is 124 Å². The van der Waals surface area contributed by atoms with Gasteiger partial charge in [0.05, 0.1) is 6.61 Å². The lowest BCUT2D eigenvalue weighted by Crippen LogP contribution is -2.02. The summed E-state index contributed by atoms with van der Waals surface area (Å²) in [4.78, 5) is 11.8. The fourth-order valence-electron chi connectivity index (χ4n) is 1.92. The van der Waals surface area contributed by atoms with E-state index in [0.717, 1.165) is 17.5 Å². The Morgan fingerprint density at radius 3 is 2.60 bits per heavy atom. The summed E-state index contributed by atoms with van der Waals surface area (Å²) < 4.78 is 5.55. The highest BCUT2D eigenvalue weighted by Crippen LogP contribution is 2.12. The zero-order valence-electron chi connectivity index (χ0n) is 11.2. The van der Waals surface area contributed by atoms with E-state index in [1.165, 1.54) is 0 Å². The molecule has 2 nitrogen and oxygen atoms in total. The summed E-state index contributed by atoms with van der Waals surface area (Å²) in [5.74, 6) is 0.164. The zero-order valence-corrected chi connectivity index (χ0v) is 12.0. The van der Waals surface area contributed by atoms with Crippen LogP contribution >= 0.6 is 11.6 Å². The molecule has 0 aliphatic rings. The van der Waals surface area contributed by atoms with Gasteiger partial charge in [0.1, 0.15) is 0 Å². The summed E-state index contributed by atoms with van der Waals surface area (Å²) in [6.07, 6.45) is 1.24. The maximum absolute atomic E-state index is 11.8. The number of ether oxygens (including phenoxy) is 1. The Hall–Kier alpha value is -1.64. The Morgan fingerprint density at radius 2 is 1.85 bits per heavy atom. The molecule has 0 saturated carbocycles. The van der Waals surface area contributed by atoms with Crippen LogP contribution in [-0.2, 0) is 11.3 Å². The van der Waals surface area contributed by atoms with Crippen LogP contribution in [-0.4, -0.2) is 12.4 Å². The normalized spacial score (nSPS) is 10.4. The SMILES string of the molecule is O=C(CCCOCc1cccc(Cl)c1)c1ccccc1. The van der Waals surface area contributed by atoms with Crippen molar-refractivity contribution in [3.8, 4) is 0 Å². The van der Waals surface area contributed by atoms with E-state index in [4.69, 9.17) is 16.3 Å². The molecule has 0 atom stereocenters. The molecule has 0 amide bonds. The summed E-state index contributed by atoms with van der Waals surface area (Å²) in [6, 6.07) is 16.9. The summed E-state index contributed by atoms with van der Waals surface area (Å²) in [7, 11) is 0. The Morgan fingerprint density at radius 1 is 1.05 bits per heavy atom. The average Bonchev–Trinajstić information content (AvgIpc) is 2.48. The average molecular weight is 289 g/mol. The first-order chi connectivity index (χ1) is 9.75. The summed E-state index contributed by atoms with van der Waals surface area (Å²) in [5.41, 5.74) is 1.81. The lowest BCUT2D eigenvalue weighted by atomic mass is 10.1. The highest BCUT2D eigenvalue weighted by molar-refractivity contribution is 6.30. The third-order valence-corrected chi connectivity index (χ3v) is 3.18. The van der Waals surface area contributed by atoms with Crippen LogP contribution < -0.4 is 0 Å². The van der Waals surface area contributed by atoms with Gasteiger partial charge in [-0.3, -0.25) is 4.79 Å². The number of carbonyl (C=O) groups is 1. The summed E-state index contributed by atoms with van der Waals surface area (Å²) >= 11 is 5.89. The number of halogens is 1. The number of benzene rings is 2. The van der Waals surface area contributed by atoms with Gasteiger partial charge in [0.15, 0.2) is 5.78 Å². The molecule has 0 heterocycles. The molecule has 0 fully saturated rings. The lowest BCUT2D eigenvalue weighted by molar-refractivity contribution is 0.0919. The van der Waals surface area contributed by atoms with Gasteiger partial charge in [-0.25, -0.2) is 0 Å². The molecule has 0 aromatic heterocycles. The minimum atomic E-state index is 0.164. The molecule has 0 bridgehead atoms. The number of carbonyl (C=O) groups excluding carboxylic acids is 1. The maximum atomic E-state index is 11.8. The number of rotatable bonds is 7. The van der Waals surface area contributed by atoms with Crippen LogP contribution in [0.4, 0.5) is 0 Å². The van der Waals surface area contributed by atoms with Crippen molar-refractivity contribution >= 4 is 17.4 Å². The van der Waals surface area contributed by atoms with E-state index in [1.54, 1.807) is 0 Å². The molecule has 0 aliphatic heterocycles. The molecule has 20 heavy (non-hydrogen) atoms. The standard InChI is InChI=1S/C17H17ClO2/c18-16-9-4-6-14(12-16)13-20-11-5-10-17(19)15-7-2-1-3-8-15/h1-4,6-9,12H,5,10-11,13H2. The third-order valence-electron chi connectivity index (χ3n) is 2.95. The first kappa shape index (κ1) is 14.8. The first-order valence-corrected chi connectivity index (χ1v) is 7.04. The maximum Gasteiger partial charge on any atom is 0.162 e. The van der Waals surface area contributed by atoms with Crippen LogP contribution in [0.25, 0.3) is 0 Å². The molecule has 0 aliphatic carbocycles. The van der Waals surface area contributed by atoms with E-state index in [1.807, 2.05) is 54.6 Å². The first-order valence-electron chi connectivity index (χ1n) is 6.66. The van der Waals surface area contributed by atoms with Crippen LogP contribution in [0.15, 0.2) is 54.6 Å². The van der Waals surface area contributed by atoms with Crippen LogP contribution in [0.1, 0.15) is 28.8 Å². The van der Waals surface area contributed by atoms with E-state index in [-0.39, 0.29) is 5.78 Å². The summed E-state index contributed by atoms with van der Waals surface area (Å²) in [5, 5.41) is 0.713. The molecule has 2 aromatic carbocycles. The van der Waals surface area contributed by atoms with Crippen molar-refractivity contribution < 1.29 is 9.53 Å². The fraction of sp³-hybridized carbons (Fsp3) is 0.235. The molecular formula is C17H17ClO2. The van der Waals surface area contributed by atoms with Crippen molar-refractivity contribution in [3.63, 3.8) is 0 Å². The van der Waals surface area contributed by atoms with Gasteiger partial charge in [0.2, 0.25) is 0 Å². The molecule has 0 saturated heterocycles. The monoisotopic (exact) mass is 288 g/mol. The molecule has 0 radical (unpaired) electrons. The zero-order chi connectivity index (χ0) is 14.2. The van der Waals surface area contributed by atoms with E-state index in [2.05, 4.69) is 0 Å². The van der Waals surface area contributed by atoms with Crippen LogP contribution in [0.3, 0.4) is 0 Å². The van der Waals surface area contributed by atoms with Gasteiger partial charge in [-0.05, 0) is 24.1 Å². The topological polar surface area (TPSA) is 26.3 Å². The van der Waals surface area contributed by atoms with Gasteiger partial charge in [-0.2, -0.15) is 0 Å². The van der Waals surface area contributed by atoms with Gasteiger partial charge in [0.25, 0.3) is 0 Å². The van der Waals surface area contributed by atoms with E-state index >= 15 is 0 Å². The molecule has 2 aromatic rings. The lowest BCUT2D eigenvalue weighted by Gasteiger charge is -2.05. The molecule has 2 rings (SSSR count). The van der Waals surface area contributed by atoms with Gasteiger partial charge in [-0.15, -0.1) is 0 Å². The van der Waals surface area contributed by atoms with Gasteiger partial charge < -0.3 is 4.74 Å². The molecule has 0 unspecified atom stereocenters. The highest BCUT2D eigenvalue weighted by atomic mass is 35.5. The van der Waals surface area contributed by atoms with Crippen LogP contribution in [0, 0.1) is 0 Å². The van der Waals surface area contributed by atoms with E-state index < -0.39 is 0 Å². The van der Waals surface area contributed by atoms with Crippen LogP contribution in [0.5, 0.6) is 0 Å². The fourth-order valence-corrected chi connectivity index (χ4v) is 2.13. The molecule has 0 spiro atoms. The third kappa shape index (κ3) is 4.80. The Kier molecular flexibility index (Phi) is 5.78. The van der Waals surface area contributed by atoms with Crippen molar-refractivity contribution in [2.75, 3.05) is 6.61 Å². The predicted molar refractivity (Wildman–Crippen MR) is 81.1 cm³/mol. The van der Waals surface area contributed by atoms with E-state index in [0.29, 0.717) is 24.7 Å². The molecule has 0 N–H and O–H groups in total. The second-order valence-electron chi connectivity index (χ2n) is 4.58. The van der Waals surface area contributed by atoms with E-state index in [9.17, 15) is 4.79 Å². The van der Waals surface area contributed by atoms with Gasteiger partial charge in [-0.1, -0.05) is 54.1 Å². The van der Waals surface area contributed by atoms with Crippen molar-refractivity contribution in [1.29, 1.82) is 0 Å². The number of hydrogen-bond donors (Lipinski definition) is 0.